The molecule has 0 radical (unpaired) electrons. The fraction of sp³-hybridized carbons (Fsp3) is 0.667. The lowest BCUT2D eigenvalue weighted by molar-refractivity contribution is 0.366. The number of hydrogen-bond acceptors (Lipinski definition) is 4. The molecule has 1 atom stereocenters. The summed E-state index contributed by atoms with van der Waals surface area (Å²) in [7, 11) is 0. The smallest absolute Gasteiger partial charge is 0.227 e. The van der Waals surface area contributed by atoms with Gasteiger partial charge in [-0.05, 0) is 26.2 Å². The molecule has 0 spiro atoms. The monoisotopic (exact) mass is 223 g/mol. The Labute approximate surface area is 97.1 Å². The molecule has 1 aromatic rings. The minimum atomic E-state index is 0.557. The predicted octanol–water partition coefficient (Wildman–Crippen LogP) is 2.25. The average molecular weight is 223 g/mol. The number of aryl methyl sites for hydroxylation is 1. The molecule has 0 bridgehead atoms. The van der Waals surface area contributed by atoms with Crippen LogP contribution in [0.15, 0.2) is 17.2 Å². The maximum absolute atomic E-state index is 5.04. The second kappa shape index (κ2) is 7.17. The SMILES string of the molecule is C=CCCC(CC)NCCc1nc(C)no1. The summed E-state index contributed by atoms with van der Waals surface area (Å²) in [5.41, 5.74) is 0. The molecule has 90 valence electrons. The van der Waals surface area contributed by atoms with Crippen LogP contribution in [0.5, 0.6) is 0 Å². The van der Waals surface area contributed by atoms with Crippen molar-refractivity contribution in [2.45, 2.75) is 45.6 Å². The van der Waals surface area contributed by atoms with Crippen molar-refractivity contribution in [1.29, 1.82) is 0 Å². The molecule has 4 heteroatoms. The summed E-state index contributed by atoms with van der Waals surface area (Å²) < 4.78 is 5.04. The zero-order chi connectivity index (χ0) is 11.8. The first-order valence-corrected chi connectivity index (χ1v) is 5.89. The molecule has 0 saturated heterocycles. The van der Waals surface area contributed by atoms with Crippen molar-refractivity contribution in [3.8, 4) is 0 Å². The summed E-state index contributed by atoms with van der Waals surface area (Å²) in [4.78, 5) is 4.16. The molecule has 1 aromatic heterocycles. The fourth-order valence-electron chi connectivity index (χ4n) is 1.59. The van der Waals surface area contributed by atoms with E-state index in [0.717, 1.165) is 32.2 Å². The topological polar surface area (TPSA) is 51.0 Å². The van der Waals surface area contributed by atoms with Gasteiger partial charge in [-0.1, -0.05) is 18.2 Å². The summed E-state index contributed by atoms with van der Waals surface area (Å²) in [5.74, 6) is 1.41. The van der Waals surface area contributed by atoms with E-state index < -0.39 is 0 Å². The molecule has 0 aliphatic carbocycles. The molecule has 16 heavy (non-hydrogen) atoms. The summed E-state index contributed by atoms with van der Waals surface area (Å²) in [5, 5.41) is 7.24. The van der Waals surface area contributed by atoms with E-state index in [0.29, 0.717) is 17.8 Å². The van der Waals surface area contributed by atoms with Gasteiger partial charge in [-0.3, -0.25) is 0 Å². The van der Waals surface area contributed by atoms with Crippen LogP contribution in [-0.4, -0.2) is 22.7 Å². The highest BCUT2D eigenvalue weighted by Crippen LogP contribution is 2.02. The van der Waals surface area contributed by atoms with Crippen LogP contribution in [0.4, 0.5) is 0 Å². The minimum absolute atomic E-state index is 0.557. The predicted molar refractivity (Wildman–Crippen MR) is 64.3 cm³/mol. The van der Waals surface area contributed by atoms with E-state index in [1.807, 2.05) is 13.0 Å². The number of rotatable bonds is 8. The van der Waals surface area contributed by atoms with Crippen LogP contribution in [0.2, 0.25) is 0 Å². The lowest BCUT2D eigenvalue weighted by Crippen LogP contribution is -2.30. The molecule has 1 heterocycles. The molecule has 0 aliphatic heterocycles. The van der Waals surface area contributed by atoms with Crippen molar-refractivity contribution in [3.63, 3.8) is 0 Å². The molecule has 0 fully saturated rings. The first kappa shape index (κ1) is 12.9. The number of hydrogen-bond donors (Lipinski definition) is 1. The Morgan fingerprint density at radius 3 is 2.94 bits per heavy atom. The summed E-state index contributed by atoms with van der Waals surface area (Å²) in [6.07, 6.45) is 6.10. The van der Waals surface area contributed by atoms with Crippen molar-refractivity contribution < 1.29 is 4.52 Å². The van der Waals surface area contributed by atoms with Crippen LogP contribution in [0.25, 0.3) is 0 Å². The Morgan fingerprint density at radius 1 is 1.56 bits per heavy atom. The third-order valence-corrected chi connectivity index (χ3v) is 2.55. The summed E-state index contributed by atoms with van der Waals surface area (Å²) in [6.45, 7) is 8.65. The number of nitrogens with zero attached hydrogens (tertiary/aromatic N) is 2. The molecule has 1 unspecified atom stereocenters. The molecule has 1 N–H and O–H groups in total. The number of aromatic nitrogens is 2. The van der Waals surface area contributed by atoms with E-state index in [-0.39, 0.29) is 0 Å². The Kier molecular flexibility index (Phi) is 5.78. The molecular formula is C12H21N3O. The summed E-state index contributed by atoms with van der Waals surface area (Å²) >= 11 is 0. The first-order chi connectivity index (χ1) is 7.76. The molecule has 0 aliphatic rings. The van der Waals surface area contributed by atoms with E-state index >= 15 is 0 Å². The Balaban J connectivity index is 2.20. The zero-order valence-electron chi connectivity index (χ0n) is 10.2. The van der Waals surface area contributed by atoms with E-state index in [4.69, 9.17) is 4.52 Å². The van der Waals surface area contributed by atoms with Gasteiger partial charge < -0.3 is 9.84 Å². The average Bonchev–Trinajstić information content (AvgIpc) is 2.69. The van der Waals surface area contributed by atoms with Gasteiger partial charge in [-0.15, -0.1) is 6.58 Å². The van der Waals surface area contributed by atoms with Gasteiger partial charge in [-0.25, -0.2) is 0 Å². The molecular weight excluding hydrogens is 202 g/mol. The minimum Gasteiger partial charge on any atom is -0.339 e. The molecule has 0 amide bonds. The molecule has 0 aromatic carbocycles. The number of allylic oxidation sites excluding steroid dienone is 1. The molecule has 0 saturated carbocycles. The van der Waals surface area contributed by atoms with Crippen LogP contribution in [0.1, 0.15) is 37.9 Å². The first-order valence-electron chi connectivity index (χ1n) is 5.89. The van der Waals surface area contributed by atoms with Crippen molar-refractivity contribution >= 4 is 0 Å². The van der Waals surface area contributed by atoms with Gasteiger partial charge in [-0.2, -0.15) is 4.98 Å². The highest BCUT2D eigenvalue weighted by atomic mass is 16.5. The van der Waals surface area contributed by atoms with Gasteiger partial charge in [0.25, 0.3) is 0 Å². The number of nitrogens with one attached hydrogen (secondary N) is 1. The lowest BCUT2D eigenvalue weighted by atomic mass is 10.1. The van der Waals surface area contributed by atoms with Crippen LogP contribution in [0, 0.1) is 6.92 Å². The highest BCUT2D eigenvalue weighted by Gasteiger charge is 2.06. The molecule has 4 nitrogen and oxygen atoms in total. The van der Waals surface area contributed by atoms with Crippen molar-refractivity contribution in [2.24, 2.45) is 0 Å². The quantitative estimate of drug-likeness (QED) is 0.687. The van der Waals surface area contributed by atoms with Crippen LogP contribution in [-0.2, 0) is 6.42 Å². The Bertz CT molecular complexity index is 309. The fourth-order valence-corrected chi connectivity index (χ4v) is 1.59. The van der Waals surface area contributed by atoms with E-state index in [2.05, 4.69) is 29.0 Å². The second-order valence-corrected chi connectivity index (χ2v) is 3.91. The van der Waals surface area contributed by atoms with Crippen LogP contribution >= 0.6 is 0 Å². The normalized spacial score (nSPS) is 12.6. The van der Waals surface area contributed by atoms with Gasteiger partial charge in [0.2, 0.25) is 5.89 Å². The molecule has 1 rings (SSSR count). The van der Waals surface area contributed by atoms with E-state index in [1.54, 1.807) is 0 Å². The lowest BCUT2D eigenvalue weighted by Gasteiger charge is -2.14. The largest absolute Gasteiger partial charge is 0.339 e. The summed E-state index contributed by atoms with van der Waals surface area (Å²) in [6, 6.07) is 0.557. The Morgan fingerprint density at radius 2 is 2.38 bits per heavy atom. The zero-order valence-corrected chi connectivity index (χ0v) is 10.2. The van der Waals surface area contributed by atoms with Crippen molar-refractivity contribution in [2.75, 3.05) is 6.54 Å². The van der Waals surface area contributed by atoms with Gasteiger partial charge >= 0.3 is 0 Å². The van der Waals surface area contributed by atoms with E-state index in [1.165, 1.54) is 0 Å². The van der Waals surface area contributed by atoms with Gasteiger partial charge in [0.05, 0.1) is 0 Å². The third kappa shape index (κ3) is 4.57. The van der Waals surface area contributed by atoms with Gasteiger partial charge in [0, 0.05) is 19.0 Å². The maximum atomic E-state index is 5.04. The van der Waals surface area contributed by atoms with Gasteiger partial charge in [0.15, 0.2) is 5.82 Å². The second-order valence-electron chi connectivity index (χ2n) is 3.91. The Hall–Kier alpha value is -1.16. The maximum Gasteiger partial charge on any atom is 0.227 e. The van der Waals surface area contributed by atoms with Crippen molar-refractivity contribution in [3.05, 3.63) is 24.4 Å². The van der Waals surface area contributed by atoms with E-state index in [9.17, 15) is 0 Å². The standard InChI is InChI=1S/C12H21N3O/c1-4-6-7-11(5-2)13-9-8-12-14-10(3)15-16-12/h4,11,13H,1,5-9H2,2-3H3. The van der Waals surface area contributed by atoms with Crippen molar-refractivity contribution in [1.82, 2.24) is 15.5 Å². The van der Waals surface area contributed by atoms with Crippen LogP contribution < -0.4 is 5.32 Å². The van der Waals surface area contributed by atoms with Crippen LogP contribution in [0.3, 0.4) is 0 Å². The highest BCUT2D eigenvalue weighted by molar-refractivity contribution is 4.84. The van der Waals surface area contributed by atoms with Gasteiger partial charge in [0.1, 0.15) is 0 Å². The third-order valence-electron chi connectivity index (χ3n) is 2.55.